The van der Waals surface area contributed by atoms with E-state index < -0.39 is 76.2 Å². The summed E-state index contributed by atoms with van der Waals surface area (Å²) in [5, 5.41) is 39.5. The molecule has 6 aromatic carbocycles. The van der Waals surface area contributed by atoms with Crippen LogP contribution in [0.25, 0.3) is 0 Å². The molecule has 11 rings (SSSR count). The standard InChI is InChI=1S/C16H20ClNO3S.C15H19ClN2O4S.3C15H18ClNO3S.C7H5ClO.C7H15NO2/c1-10(2)8-13(16(20)21-3)18-14(19)9-22-15(18)11-4-6-12(17)7-5-11;1-9(2)7-12(14(20)17-21)18-13(19)8-23(22)15(18)10-3-5-11(16)6-4-10;3*1-9(2)7-12(15(19)20)17-13(18)8-21-14(17)10-3-5-11(16)6-4-10;8-7-3-1-6(5-9)2-4-7;1-5(2)4-6(8)7(9)10-3/h4-7,10,13,15H,8-9H2,1-3H3;3-6,9,12,15,21H,7-8H2,1-2H3,(H,17,20);3*3-6,9,12,14H,7-8H2,1-2H3,(H,19,20);1-5H;5-6H,4,8H2,1-3H3/t13-,15?;12-,15-,23?;12-,14+;2*12-,14-;;6-/m00000.0/s1. The van der Waals surface area contributed by atoms with E-state index >= 15 is 0 Å². The van der Waals surface area contributed by atoms with Gasteiger partial charge in [-0.15, -0.1) is 47.0 Å². The number of nitrogens with two attached hydrogens (primary N) is 1. The lowest BCUT2D eigenvalue weighted by Crippen LogP contribution is -2.48. The normalized spacial score (nSPS) is 19.1. The lowest BCUT2D eigenvalue weighted by molar-refractivity contribution is -0.153. The van der Waals surface area contributed by atoms with E-state index in [1.165, 1.54) is 80.9 Å². The number of hydrogen-bond acceptors (Lipinski definition) is 21. The summed E-state index contributed by atoms with van der Waals surface area (Å²) in [6.07, 6.45) is 3.77. The van der Waals surface area contributed by atoms with Crippen LogP contribution in [-0.2, 0) is 73.0 Å². The highest BCUT2D eigenvalue weighted by atomic mass is 35.5. The predicted molar refractivity (Wildman–Crippen MR) is 505 cm³/mol. The highest BCUT2D eigenvalue weighted by molar-refractivity contribution is 8.01. The third kappa shape index (κ3) is 34.2. The molecule has 37 heteroatoms. The number of esters is 2. The Labute approximate surface area is 792 Å². The summed E-state index contributed by atoms with van der Waals surface area (Å²) in [7, 11) is 1.25. The van der Waals surface area contributed by atoms with Crippen molar-refractivity contribution in [1.29, 1.82) is 0 Å². The monoisotopic (exact) mass is 1970 g/mol. The van der Waals surface area contributed by atoms with Crippen molar-refractivity contribution in [2.24, 2.45) is 41.2 Å². The first-order valence-corrected chi connectivity index (χ1v) is 48.6. The van der Waals surface area contributed by atoms with Gasteiger partial charge in [-0.1, -0.05) is 225 Å². The van der Waals surface area contributed by atoms with Crippen molar-refractivity contribution in [2.75, 3.05) is 43.0 Å². The van der Waals surface area contributed by atoms with Crippen LogP contribution in [0.15, 0.2) is 146 Å². The molecule has 694 valence electrons. The highest BCUT2D eigenvalue weighted by Crippen LogP contribution is 2.46. The number of carboxylic acid groups (broad SMARTS) is 3. The van der Waals surface area contributed by atoms with Gasteiger partial charge in [0.25, 0.3) is 5.91 Å². The molecule has 0 spiro atoms. The van der Waals surface area contributed by atoms with Crippen molar-refractivity contribution in [2.45, 2.75) is 185 Å². The molecule has 0 aliphatic carbocycles. The summed E-state index contributed by atoms with van der Waals surface area (Å²) in [4.78, 5) is 148. The number of carboxylic acids is 3. The topological polar surface area (TPSA) is 376 Å². The van der Waals surface area contributed by atoms with E-state index in [0.29, 0.717) is 109 Å². The Kier molecular flexibility index (Phi) is 46.9. The molecular formula is C90H113Cl6N7O19S5. The van der Waals surface area contributed by atoms with Crippen LogP contribution in [0.4, 0.5) is 0 Å². The van der Waals surface area contributed by atoms with E-state index in [2.05, 4.69) is 4.74 Å². The van der Waals surface area contributed by atoms with Crippen molar-refractivity contribution in [3.05, 3.63) is 209 Å². The van der Waals surface area contributed by atoms with Crippen LogP contribution in [-0.4, -0.2) is 200 Å². The van der Waals surface area contributed by atoms with Crippen molar-refractivity contribution < 1.29 is 91.7 Å². The lowest BCUT2D eigenvalue weighted by atomic mass is 10.0. The second kappa shape index (κ2) is 54.3. The molecule has 5 heterocycles. The number of carbonyl (C=O) groups is 12. The maximum absolute atomic E-state index is 12.4. The molecule has 5 fully saturated rings. The van der Waals surface area contributed by atoms with Crippen LogP contribution < -0.4 is 11.2 Å². The summed E-state index contributed by atoms with van der Waals surface area (Å²) in [5.41, 5.74) is 12.1. The van der Waals surface area contributed by atoms with Crippen molar-refractivity contribution in [1.82, 2.24) is 30.0 Å². The van der Waals surface area contributed by atoms with Crippen molar-refractivity contribution >= 4 is 199 Å². The molecule has 7 N–H and O–H groups in total. The van der Waals surface area contributed by atoms with Crippen LogP contribution in [0.1, 0.15) is 187 Å². The fraction of sp³-hybridized carbons (Fsp3) is 0.467. The molecule has 0 bridgehead atoms. The van der Waals surface area contributed by atoms with Gasteiger partial charge in [-0.2, -0.15) is 0 Å². The number of rotatable bonds is 29. The third-order valence-electron chi connectivity index (χ3n) is 19.6. The average molecular weight is 1970 g/mol. The summed E-state index contributed by atoms with van der Waals surface area (Å²) < 4.78 is 21.8. The maximum atomic E-state index is 12.4. The van der Waals surface area contributed by atoms with Crippen molar-refractivity contribution in [3.63, 3.8) is 0 Å². The maximum Gasteiger partial charge on any atom is 0.328 e. The number of nitrogens with one attached hydrogen (secondary N) is 1. The Morgan fingerprint density at radius 1 is 0.394 bits per heavy atom. The van der Waals surface area contributed by atoms with Crippen LogP contribution in [0.3, 0.4) is 0 Å². The molecule has 5 saturated heterocycles. The van der Waals surface area contributed by atoms with Gasteiger partial charge in [0, 0.05) is 35.7 Å². The van der Waals surface area contributed by atoms with E-state index in [9.17, 15) is 77.1 Å². The molecule has 127 heavy (non-hydrogen) atoms. The summed E-state index contributed by atoms with van der Waals surface area (Å²) in [5.74, 6) is -2.31. The SMILES string of the molecule is CC(C)C[C@@H](C(=O)NO)N1C(=O)CS(=O)[C@H]1c1ccc(Cl)cc1.CC(C)C[C@@H](C(=O)O)N1C(=O)CS[C@@H]1c1ccc(Cl)cc1.CC(C)C[C@@H](C(=O)O)N1C(=O)CS[C@H]1c1ccc(Cl)cc1.CC(C)C[C@@H](C(=O)O)N1C(=O)CS[C@H]1c1ccc(Cl)cc1.COC(=O)[C@@H](N)CC(C)C.COC(=O)[C@H](CC(C)C)N1C(=O)CSC1c1ccc(Cl)cc1.O=Cc1ccc(Cl)cc1. The number of nitrogens with zero attached hydrogens (tertiary/aromatic N) is 5. The van der Waals surface area contributed by atoms with E-state index in [-0.39, 0.29) is 98.3 Å². The van der Waals surface area contributed by atoms with Crippen LogP contribution >= 0.6 is 117 Å². The number of benzene rings is 6. The average Bonchev–Trinajstić information content (AvgIpc) is 1.65. The number of amides is 6. The lowest BCUT2D eigenvalue weighted by Gasteiger charge is -2.32. The number of carbonyl (C=O) groups excluding carboxylic acids is 9. The smallest absolute Gasteiger partial charge is 0.328 e. The molecule has 6 aromatic rings. The quantitative estimate of drug-likeness (QED) is 0.0110. The van der Waals surface area contributed by atoms with E-state index in [4.69, 9.17) is 85.3 Å². The summed E-state index contributed by atoms with van der Waals surface area (Å²) >= 11 is 40.9. The molecule has 0 saturated carbocycles. The second-order valence-corrected chi connectivity index (χ2v) is 40.9. The van der Waals surface area contributed by atoms with Gasteiger partial charge < -0.3 is 55.0 Å². The van der Waals surface area contributed by atoms with Gasteiger partial charge in [0.2, 0.25) is 29.5 Å². The van der Waals surface area contributed by atoms with Gasteiger partial charge in [0.05, 0.1) is 48.0 Å². The van der Waals surface area contributed by atoms with Crippen LogP contribution in [0.2, 0.25) is 30.1 Å². The number of aldehydes is 1. The van der Waals surface area contributed by atoms with E-state index in [0.717, 1.165) is 28.5 Å². The summed E-state index contributed by atoms with van der Waals surface area (Å²) in [6, 6.07) is 38.2. The van der Waals surface area contributed by atoms with E-state index in [1.807, 2.05) is 132 Å². The first-order chi connectivity index (χ1) is 59.9. The number of halogens is 6. The van der Waals surface area contributed by atoms with Gasteiger partial charge >= 0.3 is 29.8 Å². The van der Waals surface area contributed by atoms with Gasteiger partial charge in [-0.25, -0.2) is 24.7 Å². The Morgan fingerprint density at radius 2 is 0.638 bits per heavy atom. The number of hydroxylamine groups is 1. The van der Waals surface area contributed by atoms with Crippen LogP contribution in [0.5, 0.6) is 0 Å². The number of methoxy groups -OCH3 is 2. The Hall–Kier alpha value is -7.63. The molecule has 2 unspecified atom stereocenters. The minimum atomic E-state index is -1.46. The zero-order valence-electron chi connectivity index (χ0n) is 73.1. The first-order valence-electron chi connectivity index (χ1n) is 40.8. The van der Waals surface area contributed by atoms with Crippen molar-refractivity contribution in [3.8, 4) is 0 Å². The number of ether oxygens (including phenoxy) is 2. The zero-order valence-corrected chi connectivity index (χ0v) is 81.7. The minimum Gasteiger partial charge on any atom is -0.480 e. The van der Waals surface area contributed by atoms with Gasteiger partial charge in [0.15, 0.2) is 0 Å². The number of aliphatic carboxylic acids is 3. The minimum absolute atomic E-state index is 0.0269. The third-order valence-corrected chi connectivity index (χ3v) is 27.5. The molecule has 5 aliphatic heterocycles. The first kappa shape index (κ1) is 110. The van der Waals surface area contributed by atoms with Gasteiger partial charge in [-0.05, 0) is 175 Å². The molecule has 26 nitrogen and oxygen atoms in total. The van der Waals surface area contributed by atoms with Crippen LogP contribution in [0, 0.1) is 35.5 Å². The molecular weight excluding hydrogens is 1860 g/mol. The highest BCUT2D eigenvalue weighted by Gasteiger charge is 2.48. The Balaban J connectivity index is 0.000000268. The molecule has 0 aromatic heterocycles. The molecule has 6 amide bonds. The number of thioether (sulfide) groups is 4. The largest absolute Gasteiger partial charge is 0.480 e. The molecule has 0 radical (unpaired) electrons. The number of hydrogen-bond donors (Lipinski definition) is 6. The second-order valence-electron chi connectivity index (χ2n) is 32.5. The summed E-state index contributed by atoms with van der Waals surface area (Å²) in [6.45, 7) is 23.7. The zero-order chi connectivity index (χ0) is 95.0. The van der Waals surface area contributed by atoms with Gasteiger partial charge in [-0.3, -0.25) is 47.8 Å². The molecule has 12 atom stereocenters. The Bertz CT molecular complexity index is 4420. The Morgan fingerprint density at radius 3 is 0.882 bits per heavy atom. The molecule has 5 aliphatic rings. The predicted octanol–water partition coefficient (Wildman–Crippen LogP) is 18.3. The van der Waals surface area contributed by atoms with Gasteiger partial charge in [0.1, 0.15) is 75.2 Å². The fourth-order valence-corrected chi connectivity index (χ4v) is 21.0. The van der Waals surface area contributed by atoms with E-state index in [1.54, 1.807) is 107 Å². The fourth-order valence-electron chi connectivity index (χ4n) is 13.8.